The van der Waals surface area contributed by atoms with E-state index in [0.29, 0.717) is 28.9 Å². The average molecular weight is 350 g/mol. The van der Waals surface area contributed by atoms with Gasteiger partial charge in [0.1, 0.15) is 11.4 Å². The number of carbonyl (C=O) groups excluding carboxylic acids is 1. The predicted molar refractivity (Wildman–Crippen MR) is 91.4 cm³/mol. The summed E-state index contributed by atoms with van der Waals surface area (Å²) in [5.41, 5.74) is 2.27. The van der Waals surface area contributed by atoms with Gasteiger partial charge in [0.25, 0.3) is 0 Å². The first kappa shape index (κ1) is 16.8. The van der Waals surface area contributed by atoms with Crippen LogP contribution < -0.4 is 10.6 Å². The van der Waals surface area contributed by atoms with Crippen LogP contribution in [0, 0.1) is 6.92 Å². The molecule has 1 aliphatic carbocycles. The Balaban J connectivity index is 1.69. The van der Waals surface area contributed by atoms with Crippen LogP contribution in [-0.2, 0) is 4.74 Å². The topological polar surface area (TPSA) is 76.4 Å². The van der Waals surface area contributed by atoms with Crippen LogP contribution in [-0.4, -0.2) is 24.9 Å². The number of hydrogen-bond donors (Lipinski definition) is 2. The molecule has 24 heavy (non-hydrogen) atoms. The molecular weight excluding hydrogens is 330 g/mol. The number of urea groups is 1. The molecule has 1 saturated carbocycles. The summed E-state index contributed by atoms with van der Waals surface area (Å²) in [5.74, 6) is 1.13. The van der Waals surface area contributed by atoms with Gasteiger partial charge in [-0.3, -0.25) is 0 Å². The molecule has 2 amide bonds. The van der Waals surface area contributed by atoms with Crippen LogP contribution in [0.25, 0.3) is 0 Å². The van der Waals surface area contributed by atoms with Crippen LogP contribution in [0.3, 0.4) is 0 Å². The molecule has 2 aromatic rings. The molecule has 0 radical (unpaired) electrons. The first-order chi connectivity index (χ1) is 11.6. The molecular formula is C17H20ClN3O3. The Hall–Kier alpha value is -2.05. The zero-order valence-corrected chi connectivity index (χ0v) is 14.4. The number of aromatic nitrogens is 1. The van der Waals surface area contributed by atoms with Gasteiger partial charge in [0.05, 0.1) is 12.6 Å². The smallest absolute Gasteiger partial charge is 0.319 e. The van der Waals surface area contributed by atoms with Gasteiger partial charge < -0.3 is 19.9 Å². The standard InChI is InChI=1S/C17H20ClN3O3/c1-10-15(16(24-21-10)12-3-4-12)20-17(22)19-14(9-23-2)11-5-7-13(18)8-6-11/h5-8,12,14H,3-4,9H2,1-2H3,(H2,19,20,22)/t14-/m1/s1. The van der Waals surface area contributed by atoms with Crippen molar-refractivity contribution in [2.24, 2.45) is 0 Å². The minimum absolute atomic E-state index is 0.281. The normalized spacial score (nSPS) is 15.1. The Labute approximate surface area is 145 Å². The number of methoxy groups -OCH3 is 1. The second-order valence-corrected chi connectivity index (χ2v) is 6.38. The molecule has 128 valence electrons. The summed E-state index contributed by atoms with van der Waals surface area (Å²) in [6.45, 7) is 2.17. The van der Waals surface area contributed by atoms with Crippen LogP contribution in [0.5, 0.6) is 0 Å². The number of amides is 2. The van der Waals surface area contributed by atoms with E-state index in [1.54, 1.807) is 19.2 Å². The highest BCUT2D eigenvalue weighted by Gasteiger charge is 2.32. The quantitative estimate of drug-likeness (QED) is 0.825. The van der Waals surface area contributed by atoms with E-state index in [1.807, 2.05) is 19.1 Å². The van der Waals surface area contributed by atoms with Gasteiger partial charge in [-0.1, -0.05) is 28.9 Å². The molecule has 1 heterocycles. The van der Waals surface area contributed by atoms with Gasteiger partial charge in [0.15, 0.2) is 5.76 Å². The summed E-state index contributed by atoms with van der Waals surface area (Å²) >= 11 is 5.92. The summed E-state index contributed by atoms with van der Waals surface area (Å²) in [5, 5.41) is 10.4. The van der Waals surface area contributed by atoms with Crippen molar-refractivity contribution >= 4 is 23.3 Å². The van der Waals surface area contributed by atoms with Gasteiger partial charge in [0, 0.05) is 18.1 Å². The third kappa shape index (κ3) is 3.88. The van der Waals surface area contributed by atoms with Gasteiger partial charge in [0.2, 0.25) is 0 Å². The number of nitrogens with zero attached hydrogens (tertiary/aromatic N) is 1. The van der Waals surface area contributed by atoms with Gasteiger partial charge in [-0.25, -0.2) is 4.79 Å². The number of rotatable bonds is 6. The number of nitrogens with one attached hydrogen (secondary N) is 2. The van der Waals surface area contributed by atoms with Crippen LogP contribution in [0.1, 0.15) is 41.8 Å². The first-order valence-corrected chi connectivity index (χ1v) is 8.24. The molecule has 0 bridgehead atoms. The molecule has 7 heteroatoms. The number of hydrogen-bond acceptors (Lipinski definition) is 4. The highest BCUT2D eigenvalue weighted by atomic mass is 35.5. The fourth-order valence-corrected chi connectivity index (χ4v) is 2.68. The second kappa shape index (κ2) is 7.23. The van der Waals surface area contributed by atoms with E-state index in [-0.39, 0.29) is 12.1 Å². The van der Waals surface area contributed by atoms with E-state index in [2.05, 4.69) is 15.8 Å². The van der Waals surface area contributed by atoms with Crippen molar-refractivity contribution < 1.29 is 14.1 Å². The van der Waals surface area contributed by atoms with Crippen molar-refractivity contribution in [3.8, 4) is 0 Å². The summed E-state index contributed by atoms with van der Waals surface area (Å²) in [6, 6.07) is 6.71. The van der Waals surface area contributed by atoms with Crippen LogP contribution in [0.2, 0.25) is 5.02 Å². The fourth-order valence-electron chi connectivity index (χ4n) is 2.55. The van der Waals surface area contributed by atoms with Crippen LogP contribution >= 0.6 is 11.6 Å². The van der Waals surface area contributed by atoms with Gasteiger partial charge in [-0.15, -0.1) is 0 Å². The van der Waals surface area contributed by atoms with Crippen molar-refractivity contribution in [1.82, 2.24) is 10.5 Å². The minimum atomic E-state index is -0.319. The fraction of sp³-hybridized carbons (Fsp3) is 0.412. The predicted octanol–water partition coefficient (Wildman–Crippen LogP) is 4.02. The lowest BCUT2D eigenvalue weighted by Gasteiger charge is -2.19. The molecule has 1 fully saturated rings. The largest absolute Gasteiger partial charge is 0.382 e. The Kier molecular flexibility index (Phi) is 5.06. The van der Waals surface area contributed by atoms with E-state index >= 15 is 0 Å². The van der Waals surface area contributed by atoms with Crippen molar-refractivity contribution in [1.29, 1.82) is 0 Å². The molecule has 2 N–H and O–H groups in total. The summed E-state index contributed by atoms with van der Waals surface area (Å²) in [4.78, 5) is 12.4. The SMILES string of the molecule is COC[C@@H](NC(=O)Nc1c(C)noc1C1CC1)c1ccc(Cl)cc1. The second-order valence-electron chi connectivity index (χ2n) is 5.94. The van der Waals surface area contributed by atoms with Crippen LogP contribution in [0.4, 0.5) is 10.5 Å². The minimum Gasteiger partial charge on any atom is -0.382 e. The number of aryl methyl sites for hydroxylation is 1. The summed E-state index contributed by atoms with van der Waals surface area (Å²) < 4.78 is 10.6. The Morgan fingerprint density at radius 2 is 2.12 bits per heavy atom. The lowest BCUT2D eigenvalue weighted by atomic mass is 10.1. The van der Waals surface area contributed by atoms with Gasteiger partial charge in [-0.05, 0) is 37.5 Å². The molecule has 1 atom stereocenters. The molecule has 0 unspecified atom stereocenters. The highest BCUT2D eigenvalue weighted by molar-refractivity contribution is 6.30. The molecule has 6 nitrogen and oxygen atoms in total. The Bertz CT molecular complexity index is 710. The number of ether oxygens (including phenoxy) is 1. The maximum absolute atomic E-state index is 12.4. The first-order valence-electron chi connectivity index (χ1n) is 7.86. The number of halogens is 1. The summed E-state index contributed by atoms with van der Waals surface area (Å²) in [6.07, 6.45) is 2.14. The molecule has 1 aromatic carbocycles. The van der Waals surface area contributed by atoms with Crippen LogP contribution in [0.15, 0.2) is 28.8 Å². The van der Waals surface area contributed by atoms with Gasteiger partial charge in [-0.2, -0.15) is 0 Å². The molecule has 0 aliphatic heterocycles. The third-order valence-corrected chi connectivity index (χ3v) is 4.24. The highest BCUT2D eigenvalue weighted by Crippen LogP contribution is 2.44. The molecule has 3 rings (SSSR count). The Morgan fingerprint density at radius 3 is 2.75 bits per heavy atom. The number of benzene rings is 1. The maximum Gasteiger partial charge on any atom is 0.319 e. The molecule has 0 spiro atoms. The lowest BCUT2D eigenvalue weighted by Crippen LogP contribution is -2.35. The number of anilines is 1. The van der Waals surface area contributed by atoms with E-state index in [1.165, 1.54) is 0 Å². The van der Waals surface area contributed by atoms with E-state index in [4.69, 9.17) is 20.9 Å². The third-order valence-electron chi connectivity index (χ3n) is 3.99. The van der Waals surface area contributed by atoms with Crippen molar-refractivity contribution in [3.63, 3.8) is 0 Å². The maximum atomic E-state index is 12.4. The molecule has 1 aromatic heterocycles. The molecule has 0 saturated heterocycles. The zero-order valence-electron chi connectivity index (χ0n) is 13.6. The van der Waals surface area contributed by atoms with E-state index in [0.717, 1.165) is 24.2 Å². The lowest BCUT2D eigenvalue weighted by molar-refractivity contribution is 0.168. The molecule has 1 aliphatic rings. The monoisotopic (exact) mass is 349 g/mol. The summed E-state index contributed by atoms with van der Waals surface area (Å²) in [7, 11) is 1.60. The Morgan fingerprint density at radius 1 is 1.42 bits per heavy atom. The van der Waals surface area contributed by atoms with E-state index in [9.17, 15) is 4.79 Å². The van der Waals surface area contributed by atoms with Gasteiger partial charge >= 0.3 is 6.03 Å². The van der Waals surface area contributed by atoms with E-state index < -0.39 is 0 Å². The van der Waals surface area contributed by atoms with Crippen molar-refractivity contribution in [2.45, 2.75) is 31.7 Å². The number of carbonyl (C=O) groups is 1. The van der Waals surface area contributed by atoms with Crippen molar-refractivity contribution in [3.05, 3.63) is 46.3 Å². The zero-order chi connectivity index (χ0) is 17.1. The van der Waals surface area contributed by atoms with Crippen molar-refractivity contribution in [2.75, 3.05) is 19.0 Å². The average Bonchev–Trinajstić information content (AvgIpc) is 3.33.